The van der Waals surface area contributed by atoms with E-state index in [-0.39, 0.29) is 0 Å². The summed E-state index contributed by atoms with van der Waals surface area (Å²) in [6, 6.07) is 2.50. The number of rotatable bonds is 6. The third kappa shape index (κ3) is 2.97. The van der Waals surface area contributed by atoms with Crippen LogP contribution in [-0.4, -0.2) is 23.1 Å². The molecular formula is C14H22N4S. The van der Waals surface area contributed by atoms with Gasteiger partial charge in [-0.3, -0.25) is 0 Å². The molecule has 0 aliphatic heterocycles. The van der Waals surface area contributed by atoms with E-state index in [2.05, 4.69) is 52.8 Å². The lowest BCUT2D eigenvalue weighted by Gasteiger charge is -2.23. The molecule has 0 fully saturated rings. The molecule has 104 valence electrons. The lowest BCUT2D eigenvalue weighted by molar-refractivity contribution is 0.437. The van der Waals surface area contributed by atoms with Gasteiger partial charge in [0.15, 0.2) is 0 Å². The molecule has 5 heteroatoms. The van der Waals surface area contributed by atoms with E-state index in [0.717, 1.165) is 16.0 Å². The van der Waals surface area contributed by atoms with Crippen LogP contribution in [-0.2, 0) is 0 Å². The fourth-order valence-electron chi connectivity index (χ4n) is 2.41. The van der Waals surface area contributed by atoms with E-state index in [0.29, 0.717) is 17.9 Å². The Labute approximate surface area is 118 Å². The average molecular weight is 278 g/mol. The number of thiophene rings is 1. The van der Waals surface area contributed by atoms with Crippen molar-refractivity contribution in [3.05, 3.63) is 11.4 Å². The van der Waals surface area contributed by atoms with E-state index >= 15 is 0 Å². The van der Waals surface area contributed by atoms with Crippen molar-refractivity contribution in [2.75, 3.05) is 17.7 Å². The molecule has 0 saturated carbocycles. The average Bonchev–Trinajstić information content (AvgIpc) is 2.88. The fourth-order valence-corrected chi connectivity index (χ4v) is 3.17. The first kappa shape index (κ1) is 14.1. The molecule has 0 spiro atoms. The first-order chi connectivity index (χ1) is 9.19. The van der Waals surface area contributed by atoms with Crippen molar-refractivity contribution < 1.29 is 0 Å². The SMILES string of the molecule is CCC(CC)C(C)Nc1nc(NC)nc2sccc12. The van der Waals surface area contributed by atoms with Gasteiger partial charge in [-0.25, -0.2) is 4.98 Å². The van der Waals surface area contributed by atoms with Crippen molar-refractivity contribution in [1.82, 2.24) is 9.97 Å². The zero-order valence-electron chi connectivity index (χ0n) is 12.0. The molecule has 1 atom stereocenters. The van der Waals surface area contributed by atoms with Crippen LogP contribution < -0.4 is 10.6 Å². The van der Waals surface area contributed by atoms with Gasteiger partial charge in [-0.2, -0.15) is 4.98 Å². The highest BCUT2D eigenvalue weighted by Gasteiger charge is 2.16. The number of nitrogens with zero attached hydrogens (tertiary/aromatic N) is 2. The second-order valence-corrected chi connectivity index (χ2v) is 5.69. The third-order valence-electron chi connectivity index (χ3n) is 3.67. The zero-order chi connectivity index (χ0) is 13.8. The van der Waals surface area contributed by atoms with Crippen LogP contribution in [0, 0.1) is 5.92 Å². The summed E-state index contributed by atoms with van der Waals surface area (Å²) in [5.41, 5.74) is 0. The standard InChI is InChI=1S/C14H22N4S/c1-5-10(6-2)9(3)16-12-11-7-8-19-13(11)18-14(15-4)17-12/h7-10H,5-6H2,1-4H3,(H2,15,16,17,18). The normalized spacial score (nSPS) is 12.9. The van der Waals surface area contributed by atoms with Gasteiger partial charge in [-0.05, 0) is 24.3 Å². The predicted octanol–water partition coefficient (Wildman–Crippen LogP) is 3.97. The molecule has 0 aromatic carbocycles. The Hall–Kier alpha value is -1.36. The number of hydrogen-bond acceptors (Lipinski definition) is 5. The molecule has 2 N–H and O–H groups in total. The first-order valence-corrected chi connectivity index (χ1v) is 7.77. The second-order valence-electron chi connectivity index (χ2n) is 4.79. The number of fused-ring (bicyclic) bond motifs is 1. The minimum absolute atomic E-state index is 0.415. The maximum Gasteiger partial charge on any atom is 0.225 e. The molecule has 0 amide bonds. The monoisotopic (exact) mass is 278 g/mol. The number of aromatic nitrogens is 2. The summed E-state index contributed by atoms with van der Waals surface area (Å²) in [5, 5.41) is 9.76. The van der Waals surface area contributed by atoms with E-state index in [1.54, 1.807) is 11.3 Å². The number of anilines is 2. The lowest BCUT2D eigenvalue weighted by atomic mass is 9.95. The van der Waals surface area contributed by atoms with Gasteiger partial charge in [0.1, 0.15) is 10.6 Å². The maximum atomic E-state index is 4.56. The number of hydrogen-bond donors (Lipinski definition) is 2. The molecule has 2 rings (SSSR count). The van der Waals surface area contributed by atoms with Crippen LogP contribution in [0.5, 0.6) is 0 Å². The Balaban J connectivity index is 2.30. The predicted molar refractivity (Wildman–Crippen MR) is 84.1 cm³/mol. The summed E-state index contributed by atoms with van der Waals surface area (Å²) in [6.07, 6.45) is 2.36. The molecule has 0 radical (unpaired) electrons. The van der Waals surface area contributed by atoms with E-state index in [9.17, 15) is 0 Å². The fraction of sp³-hybridized carbons (Fsp3) is 0.571. The molecule has 4 nitrogen and oxygen atoms in total. The van der Waals surface area contributed by atoms with Crippen molar-refractivity contribution in [1.29, 1.82) is 0 Å². The van der Waals surface area contributed by atoms with Crippen LogP contribution in [0.4, 0.5) is 11.8 Å². The molecular weight excluding hydrogens is 256 g/mol. The highest BCUT2D eigenvalue weighted by Crippen LogP contribution is 2.28. The molecule has 2 aromatic rings. The van der Waals surface area contributed by atoms with E-state index < -0.39 is 0 Å². The van der Waals surface area contributed by atoms with Gasteiger partial charge in [0, 0.05) is 13.1 Å². The molecule has 2 aromatic heterocycles. The minimum atomic E-state index is 0.415. The number of nitrogens with one attached hydrogen (secondary N) is 2. The van der Waals surface area contributed by atoms with Crippen molar-refractivity contribution in [2.45, 2.75) is 39.7 Å². The van der Waals surface area contributed by atoms with Gasteiger partial charge in [0.25, 0.3) is 0 Å². The van der Waals surface area contributed by atoms with Crippen LogP contribution in [0.1, 0.15) is 33.6 Å². The summed E-state index contributed by atoms with van der Waals surface area (Å²) >= 11 is 1.65. The van der Waals surface area contributed by atoms with Crippen LogP contribution >= 0.6 is 11.3 Å². The quantitative estimate of drug-likeness (QED) is 0.839. The summed E-state index contributed by atoms with van der Waals surface area (Å²) < 4.78 is 0. The van der Waals surface area contributed by atoms with Crippen molar-refractivity contribution in [3.8, 4) is 0 Å². The summed E-state index contributed by atoms with van der Waals surface area (Å²) in [6.45, 7) is 6.72. The van der Waals surface area contributed by atoms with Gasteiger partial charge in [0.2, 0.25) is 5.95 Å². The maximum absolute atomic E-state index is 4.56. The smallest absolute Gasteiger partial charge is 0.225 e. The van der Waals surface area contributed by atoms with Crippen LogP contribution in [0.25, 0.3) is 10.2 Å². The van der Waals surface area contributed by atoms with Gasteiger partial charge in [0.05, 0.1) is 5.39 Å². The highest BCUT2D eigenvalue weighted by atomic mass is 32.1. The second kappa shape index (κ2) is 6.19. The molecule has 19 heavy (non-hydrogen) atoms. The van der Waals surface area contributed by atoms with Crippen molar-refractivity contribution in [3.63, 3.8) is 0 Å². The largest absolute Gasteiger partial charge is 0.367 e. The van der Waals surface area contributed by atoms with E-state index in [4.69, 9.17) is 0 Å². The van der Waals surface area contributed by atoms with Crippen LogP contribution in [0.3, 0.4) is 0 Å². The van der Waals surface area contributed by atoms with Gasteiger partial charge >= 0.3 is 0 Å². The molecule has 1 unspecified atom stereocenters. The molecule has 0 bridgehead atoms. The Morgan fingerprint density at radius 1 is 1.26 bits per heavy atom. The summed E-state index contributed by atoms with van der Waals surface area (Å²) in [4.78, 5) is 10.0. The lowest BCUT2D eigenvalue weighted by Crippen LogP contribution is -2.25. The first-order valence-electron chi connectivity index (χ1n) is 6.89. The Morgan fingerprint density at radius 3 is 2.63 bits per heavy atom. The summed E-state index contributed by atoms with van der Waals surface area (Å²) in [7, 11) is 1.85. The molecule has 0 saturated heterocycles. The Morgan fingerprint density at radius 2 is 2.00 bits per heavy atom. The van der Waals surface area contributed by atoms with Crippen molar-refractivity contribution >= 4 is 33.3 Å². The highest BCUT2D eigenvalue weighted by molar-refractivity contribution is 7.16. The van der Waals surface area contributed by atoms with Gasteiger partial charge < -0.3 is 10.6 Å². The van der Waals surface area contributed by atoms with E-state index in [1.807, 2.05) is 7.05 Å². The van der Waals surface area contributed by atoms with Crippen LogP contribution in [0.2, 0.25) is 0 Å². The van der Waals surface area contributed by atoms with Crippen LogP contribution in [0.15, 0.2) is 11.4 Å². The van der Waals surface area contributed by atoms with Gasteiger partial charge in [-0.15, -0.1) is 11.3 Å². The minimum Gasteiger partial charge on any atom is -0.367 e. The zero-order valence-corrected chi connectivity index (χ0v) is 12.8. The summed E-state index contributed by atoms with van der Waals surface area (Å²) in [5.74, 6) is 2.28. The topological polar surface area (TPSA) is 49.8 Å². The van der Waals surface area contributed by atoms with E-state index in [1.165, 1.54) is 12.8 Å². The molecule has 2 heterocycles. The molecule has 0 aliphatic rings. The van der Waals surface area contributed by atoms with Gasteiger partial charge in [-0.1, -0.05) is 26.7 Å². The Bertz CT molecular complexity index is 533. The molecule has 0 aliphatic carbocycles. The third-order valence-corrected chi connectivity index (χ3v) is 4.48. The van der Waals surface area contributed by atoms with Crippen molar-refractivity contribution in [2.24, 2.45) is 5.92 Å². The Kier molecular flexibility index (Phi) is 4.58.